The fourth-order valence-electron chi connectivity index (χ4n) is 4.04. The van der Waals surface area contributed by atoms with Crippen molar-refractivity contribution in [3.63, 3.8) is 0 Å². The van der Waals surface area contributed by atoms with E-state index in [0.717, 1.165) is 18.4 Å². The van der Waals surface area contributed by atoms with Crippen molar-refractivity contribution in [2.75, 3.05) is 0 Å². The van der Waals surface area contributed by atoms with E-state index in [-0.39, 0.29) is 23.7 Å². The summed E-state index contributed by atoms with van der Waals surface area (Å²) in [6, 6.07) is 7.80. The van der Waals surface area contributed by atoms with Crippen molar-refractivity contribution in [1.29, 1.82) is 0 Å². The van der Waals surface area contributed by atoms with Crippen LogP contribution < -0.4 is 11.5 Å². The maximum absolute atomic E-state index is 12.3. The Hall–Kier alpha value is -1.55. The summed E-state index contributed by atoms with van der Waals surface area (Å²) in [5, 5.41) is 0.707. The highest BCUT2D eigenvalue weighted by atomic mass is 35.5. The summed E-state index contributed by atoms with van der Waals surface area (Å²) in [4.78, 5) is 16.1. The summed E-state index contributed by atoms with van der Waals surface area (Å²) in [7, 11) is 0. The molecule has 0 aromatic heterocycles. The van der Waals surface area contributed by atoms with Crippen LogP contribution >= 0.6 is 11.6 Å². The summed E-state index contributed by atoms with van der Waals surface area (Å²) in [6.07, 6.45) is 3.36. The highest BCUT2D eigenvalue weighted by molar-refractivity contribution is 6.30. The van der Waals surface area contributed by atoms with E-state index >= 15 is 0 Å². The molecule has 1 aromatic rings. The molecule has 1 aromatic carbocycles. The van der Waals surface area contributed by atoms with Gasteiger partial charge in [0.15, 0.2) is 5.96 Å². The molecule has 2 fully saturated rings. The third-order valence-corrected chi connectivity index (χ3v) is 4.91. The van der Waals surface area contributed by atoms with E-state index in [0.29, 0.717) is 16.9 Å². The number of carbonyl (C=O) groups is 1. The number of rotatable bonds is 2. The fourth-order valence-corrected chi connectivity index (χ4v) is 4.24. The fraction of sp³-hybridized carbons (Fsp3) is 0.467. The van der Waals surface area contributed by atoms with Gasteiger partial charge < -0.3 is 11.5 Å². The molecule has 0 heterocycles. The lowest BCUT2D eigenvalue weighted by molar-refractivity contribution is -0.123. The summed E-state index contributed by atoms with van der Waals surface area (Å²) < 4.78 is 0. The molecule has 4 unspecified atom stereocenters. The molecule has 1 amide bonds. The zero-order chi connectivity index (χ0) is 14.3. The number of amides is 1. The Labute approximate surface area is 123 Å². The lowest BCUT2D eigenvalue weighted by atomic mass is 9.75. The molecule has 4 nitrogen and oxygen atoms in total. The lowest BCUT2D eigenvalue weighted by Crippen LogP contribution is -2.31. The molecule has 0 radical (unpaired) electrons. The Morgan fingerprint density at radius 1 is 1.25 bits per heavy atom. The molecule has 2 saturated carbocycles. The molecule has 5 heteroatoms. The number of hydrogen-bond acceptors (Lipinski definition) is 1. The van der Waals surface area contributed by atoms with Crippen molar-refractivity contribution in [3.05, 3.63) is 34.9 Å². The molecule has 4 atom stereocenters. The van der Waals surface area contributed by atoms with Gasteiger partial charge in [0.1, 0.15) is 0 Å². The molecule has 0 aliphatic heterocycles. The van der Waals surface area contributed by atoms with Crippen LogP contribution in [0.5, 0.6) is 0 Å². The van der Waals surface area contributed by atoms with Gasteiger partial charge in [0.05, 0.1) is 5.92 Å². The van der Waals surface area contributed by atoms with Crippen LogP contribution in [0.25, 0.3) is 0 Å². The number of guanidine groups is 1. The molecule has 0 saturated heterocycles. The Morgan fingerprint density at radius 2 is 2.00 bits per heavy atom. The van der Waals surface area contributed by atoms with E-state index in [1.165, 1.54) is 6.42 Å². The monoisotopic (exact) mass is 291 g/mol. The average Bonchev–Trinajstić information content (AvgIpc) is 2.97. The van der Waals surface area contributed by atoms with Crippen molar-refractivity contribution in [1.82, 2.24) is 0 Å². The second-order valence-corrected chi connectivity index (χ2v) is 6.25. The van der Waals surface area contributed by atoms with E-state index in [1.807, 2.05) is 24.3 Å². The molecule has 20 heavy (non-hydrogen) atoms. The minimum absolute atomic E-state index is 0.102. The lowest BCUT2D eigenvalue weighted by Gasteiger charge is -2.29. The molecule has 2 aliphatic carbocycles. The van der Waals surface area contributed by atoms with Crippen LogP contribution in [0.4, 0.5) is 0 Å². The summed E-state index contributed by atoms with van der Waals surface area (Å²) in [5.41, 5.74) is 11.8. The normalized spacial score (nSPS) is 31.2. The standard InChI is InChI=1S/C15H18ClN3O/c16-11-3-1-2-8(7-11)12-9-4-5-10(6-9)13(12)14(20)19-15(17)18/h1-3,7,9-10,12-13H,4-6H2,(H4,17,18,19,20). The zero-order valence-corrected chi connectivity index (χ0v) is 11.9. The minimum atomic E-state index is -0.179. The number of benzene rings is 1. The first kappa shape index (κ1) is 13.4. The van der Waals surface area contributed by atoms with Crippen LogP contribution in [0.1, 0.15) is 30.7 Å². The van der Waals surface area contributed by atoms with Crippen molar-refractivity contribution < 1.29 is 4.79 Å². The third-order valence-electron chi connectivity index (χ3n) is 4.67. The van der Waals surface area contributed by atoms with Crippen LogP contribution in [-0.2, 0) is 4.79 Å². The number of nitrogens with zero attached hydrogens (tertiary/aromatic N) is 1. The predicted octanol–water partition coefficient (Wildman–Crippen LogP) is 2.27. The Balaban J connectivity index is 1.95. The summed E-state index contributed by atoms with van der Waals surface area (Å²) in [6.45, 7) is 0. The second kappa shape index (κ2) is 5.09. The molecular weight excluding hydrogens is 274 g/mol. The van der Waals surface area contributed by atoms with Crippen LogP contribution in [0, 0.1) is 17.8 Å². The van der Waals surface area contributed by atoms with Crippen LogP contribution in [0.15, 0.2) is 29.3 Å². The van der Waals surface area contributed by atoms with E-state index in [2.05, 4.69) is 4.99 Å². The zero-order valence-electron chi connectivity index (χ0n) is 11.1. The topological polar surface area (TPSA) is 81.5 Å². The third kappa shape index (κ3) is 2.29. The van der Waals surface area contributed by atoms with Gasteiger partial charge in [-0.25, -0.2) is 0 Å². The van der Waals surface area contributed by atoms with Crippen LogP contribution in [0.3, 0.4) is 0 Å². The first-order valence-electron chi connectivity index (χ1n) is 6.95. The van der Waals surface area contributed by atoms with Gasteiger partial charge in [0.2, 0.25) is 0 Å². The predicted molar refractivity (Wildman–Crippen MR) is 79.3 cm³/mol. The van der Waals surface area contributed by atoms with Crippen molar-refractivity contribution in [3.8, 4) is 0 Å². The molecule has 4 N–H and O–H groups in total. The number of halogens is 1. The summed E-state index contributed by atoms with van der Waals surface area (Å²) >= 11 is 6.08. The molecule has 3 rings (SSSR count). The highest BCUT2D eigenvalue weighted by Crippen LogP contribution is 2.57. The minimum Gasteiger partial charge on any atom is -0.370 e. The maximum atomic E-state index is 12.3. The number of hydrogen-bond donors (Lipinski definition) is 2. The van der Waals surface area contributed by atoms with E-state index in [9.17, 15) is 4.79 Å². The maximum Gasteiger partial charge on any atom is 0.252 e. The first-order valence-corrected chi connectivity index (χ1v) is 7.33. The quantitative estimate of drug-likeness (QED) is 0.648. The Morgan fingerprint density at radius 3 is 2.70 bits per heavy atom. The van der Waals surface area contributed by atoms with Gasteiger partial charge in [0, 0.05) is 5.02 Å². The number of carbonyl (C=O) groups excluding carboxylic acids is 1. The molecule has 2 bridgehead atoms. The van der Waals surface area contributed by atoms with Crippen LogP contribution in [-0.4, -0.2) is 11.9 Å². The van der Waals surface area contributed by atoms with Crippen molar-refractivity contribution in [2.45, 2.75) is 25.2 Å². The molecule has 106 valence electrons. The van der Waals surface area contributed by atoms with Gasteiger partial charge in [-0.05, 0) is 54.7 Å². The van der Waals surface area contributed by atoms with Gasteiger partial charge in [0.25, 0.3) is 5.91 Å². The Bertz CT molecular complexity index is 568. The van der Waals surface area contributed by atoms with Gasteiger partial charge >= 0.3 is 0 Å². The van der Waals surface area contributed by atoms with Gasteiger partial charge in [-0.15, -0.1) is 0 Å². The van der Waals surface area contributed by atoms with E-state index < -0.39 is 0 Å². The van der Waals surface area contributed by atoms with Gasteiger partial charge in [-0.2, -0.15) is 4.99 Å². The van der Waals surface area contributed by atoms with Crippen molar-refractivity contribution >= 4 is 23.5 Å². The van der Waals surface area contributed by atoms with Crippen LogP contribution in [0.2, 0.25) is 5.02 Å². The second-order valence-electron chi connectivity index (χ2n) is 5.81. The molecule has 0 spiro atoms. The highest BCUT2D eigenvalue weighted by Gasteiger charge is 2.51. The SMILES string of the molecule is NC(N)=NC(=O)C1C2CCC(C2)C1c1cccc(Cl)c1. The van der Waals surface area contributed by atoms with E-state index in [4.69, 9.17) is 23.1 Å². The van der Waals surface area contributed by atoms with E-state index in [1.54, 1.807) is 0 Å². The average molecular weight is 292 g/mol. The molecule has 2 aliphatic rings. The van der Waals surface area contributed by atoms with Crippen molar-refractivity contribution in [2.24, 2.45) is 34.2 Å². The van der Waals surface area contributed by atoms with Gasteiger partial charge in [-0.3, -0.25) is 4.79 Å². The molecular formula is C15H18ClN3O. The number of fused-ring (bicyclic) bond motifs is 2. The summed E-state index contributed by atoms with van der Waals surface area (Å²) in [5.74, 6) is 0.711. The smallest absolute Gasteiger partial charge is 0.252 e. The first-order chi connectivity index (χ1) is 9.56. The number of nitrogens with two attached hydrogens (primary N) is 2. The Kier molecular flexibility index (Phi) is 3.42. The van der Waals surface area contributed by atoms with Gasteiger partial charge in [-0.1, -0.05) is 23.7 Å². The number of aliphatic imine (C=N–C) groups is 1. The largest absolute Gasteiger partial charge is 0.370 e.